The van der Waals surface area contributed by atoms with E-state index < -0.39 is 17.8 Å². The number of nitrogens with two attached hydrogens (primary N) is 1. The Balaban J connectivity index is 1.93. The van der Waals surface area contributed by atoms with Crippen molar-refractivity contribution in [3.05, 3.63) is 65.0 Å². The van der Waals surface area contributed by atoms with E-state index >= 15 is 0 Å². The maximum atomic E-state index is 13.3. The average Bonchev–Trinajstić information content (AvgIpc) is 2.72. The minimum atomic E-state index is -4.49. The number of hydrogen-bond acceptors (Lipinski definition) is 5. The number of amides is 1. The molecule has 0 unspecified atom stereocenters. The first kappa shape index (κ1) is 22.0. The van der Waals surface area contributed by atoms with Gasteiger partial charge in [0.25, 0.3) is 5.91 Å². The van der Waals surface area contributed by atoms with Crippen molar-refractivity contribution < 1.29 is 18.0 Å². The number of aryl methyl sites for hydroxylation is 1. The SMILES string of the molecule is Cc1cc2cc(C(=O)N(Cc3ccc(C(F)(F)F)cn3)[C@H](C)CC#N)ccc2nc1N. The molecule has 0 aliphatic carbocycles. The van der Waals surface area contributed by atoms with Gasteiger partial charge in [0.1, 0.15) is 5.82 Å². The quantitative estimate of drug-likeness (QED) is 0.648. The third-order valence-corrected chi connectivity index (χ3v) is 4.96. The van der Waals surface area contributed by atoms with E-state index in [9.17, 15) is 18.0 Å². The lowest BCUT2D eigenvalue weighted by Crippen LogP contribution is -2.38. The molecule has 1 amide bonds. The zero-order chi connectivity index (χ0) is 22.8. The Hall–Kier alpha value is -3.67. The Morgan fingerprint density at radius 3 is 2.61 bits per heavy atom. The number of anilines is 1. The first-order valence-electron chi connectivity index (χ1n) is 9.47. The molecule has 1 aromatic carbocycles. The number of rotatable bonds is 5. The predicted octanol–water partition coefficient (Wildman–Crippen LogP) is 4.48. The third kappa shape index (κ3) is 4.91. The van der Waals surface area contributed by atoms with Crippen LogP contribution in [0.5, 0.6) is 0 Å². The second-order valence-electron chi connectivity index (χ2n) is 7.28. The van der Waals surface area contributed by atoms with Gasteiger partial charge in [-0.05, 0) is 55.8 Å². The van der Waals surface area contributed by atoms with Crippen LogP contribution in [0.3, 0.4) is 0 Å². The average molecular weight is 427 g/mol. The molecule has 0 radical (unpaired) electrons. The zero-order valence-corrected chi connectivity index (χ0v) is 16.9. The van der Waals surface area contributed by atoms with Crippen LogP contribution in [0, 0.1) is 18.3 Å². The summed E-state index contributed by atoms with van der Waals surface area (Å²) in [5.41, 5.74) is 7.05. The molecule has 0 saturated carbocycles. The van der Waals surface area contributed by atoms with Gasteiger partial charge in [-0.1, -0.05) is 0 Å². The van der Waals surface area contributed by atoms with Crippen molar-refractivity contribution in [1.82, 2.24) is 14.9 Å². The maximum absolute atomic E-state index is 13.3. The third-order valence-electron chi connectivity index (χ3n) is 4.96. The Kier molecular flexibility index (Phi) is 6.11. The Morgan fingerprint density at radius 2 is 2.00 bits per heavy atom. The van der Waals surface area contributed by atoms with Crippen molar-refractivity contribution in [3.8, 4) is 6.07 Å². The zero-order valence-electron chi connectivity index (χ0n) is 16.9. The molecular weight excluding hydrogens is 407 g/mol. The molecule has 6 nitrogen and oxygen atoms in total. The van der Waals surface area contributed by atoms with Gasteiger partial charge in [-0.2, -0.15) is 18.4 Å². The number of nitrogen functional groups attached to an aromatic ring is 1. The number of benzene rings is 1. The van der Waals surface area contributed by atoms with Gasteiger partial charge in [-0.25, -0.2) is 4.98 Å². The highest BCUT2D eigenvalue weighted by Crippen LogP contribution is 2.28. The minimum Gasteiger partial charge on any atom is -0.383 e. The molecule has 2 heterocycles. The second-order valence-corrected chi connectivity index (χ2v) is 7.28. The summed E-state index contributed by atoms with van der Waals surface area (Å²) in [5, 5.41) is 9.81. The van der Waals surface area contributed by atoms with Crippen LogP contribution < -0.4 is 5.73 Å². The van der Waals surface area contributed by atoms with E-state index in [4.69, 9.17) is 11.0 Å². The second kappa shape index (κ2) is 8.60. The number of fused-ring (bicyclic) bond motifs is 1. The van der Waals surface area contributed by atoms with Crippen molar-refractivity contribution >= 4 is 22.6 Å². The molecule has 0 bridgehead atoms. The largest absolute Gasteiger partial charge is 0.417 e. The van der Waals surface area contributed by atoms with Crippen LogP contribution in [0.4, 0.5) is 19.0 Å². The minimum absolute atomic E-state index is 0.0309. The molecule has 0 saturated heterocycles. The number of nitrogens with zero attached hydrogens (tertiary/aromatic N) is 4. The van der Waals surface area contributed by atoms with Gasteiger partial charge < -0.3 is 10.6 Å². The molecule has 0 fully saturated rings. The van der Waals surface area contributed by atoms with E-state index in [-0.39, 0.29) is 24.6 Å². The normalized spacial score (nSPS) is 12.4. The highest BCUT2D eigenvalue weighted by atomic mass is 19.4. The number of aromatic nitrogens is 2. The maximum Gasteiger partial charge on any atom is 0.417 e. The number of hydrogen-bond donors (Lipinski definition) is 1. The van der Waals surface area contributed by atoms with Crippen LogP contribution in [0.1, 0.15) is 40.5 Å². The van der Waals surface area contributed by atoms with Crippen molar-refractivity contribution in [1.29, 1.82) is 5.26 Å². The summed E-state index contributed by atoms with van der Waals surface area (Å²) in [6.45, 7) is 3.49. The summed E-state index contributed by atoms with van der Waals surface area (Å²) >= 11 is 0. The van der Waals surface area contributed by atoms with Gasteiger partial charge in [-0.15, -0.1) is 0 Å². The molecule has 9 heteroatoms. The van der Waals surface area contributed by atoms with Crippen LogP contribution in [-0.4, -0.2) is 26.8 Å². The summed E-state index contributed by atoms with van der Waals surface area (Å²) in [7, 11) is 0. The molecule has 3 aromatic rings. The van der Waals surface area contributed by atoms with Crippen molar-refractivity contribution in [2.24, 2.45) is 0 Å². The Morgan fingerprint density at radius 1 is 1.26 bits per heavy atom. The van der Waals surface area contributed by atoms with E-state index in [2.05, 4.69) is 9.97 Å². The van der Waals surface area contributed by atoms with Gasteiger partial charge >= 0.3 is 6.18 Å². The van der Waals surface area contributed by atoms with E-state index in [0.717, 1.165) is 23.2 Å². The molecule has 0 aliphatic heterocycles. The van der Waals surface area contributed by atoms with Crippen LogP contribution in [-0.2, 0) is 12.7 Å². The molecule has 31 heavy (non-hydrogen) atoms. The molecule has 2 N–H and O–H groups in total. The predicted molar refractivity (Wildman–Crippen MR) is 110 cm³/mol. The van der Waals surface area contributed by atoms with Crippen molar-refractivity contribution in [3.63, 3.8) is 0 Å². The topological polar surface area (TPSA) is 95.9 Å². The fourth-order valence-electron chi connectivity index (χ4n) is 3.13. The van der Waals surface area contributed by atoms with Gasteiger partial charge in [0.05, 0.1) is 35.8 Å². The number of alkyl halides is 3. The van der Waals surface area contributed by atoms with Crippen LogP contribution in [0.2, 0.25) is 0 Å². The summed E-state index contributed by atoms with van der Waals surface area (Å²) in [6.07, 6.45) is -3.69. The van der Waals surface area contributed by atoms with Crippen molar-refractivity contribution in [2.75, 3.05) is 5.73 Å². The number of nitriles is 1. The van der Waals surface area contributed by atoms with E-state index in [0.29, 0.717) is 16.9 Å². The standard InChI is InChI=1S/C22H20F3N5O/c1-13-9-16-10-15(3-6-19(16)29-20(13)27)21(31)30(14(2)7-8-26)12-18-5-4-17(11-28-18)22(23,24)25/h3-6,9-11,14H,7,12H2,1-2H3,(H2,27,29)/t14-/m1/s1. The highest BCUT2D eigenvalue weighted by Gasteiger charge is 2.31. The molecule has 3 rings (SSSR count). The van der Waals surface area contributed by atoms with Gasteiger partial charge in [0.2, 0.25) is 0 Å². The first-order chi connectivity index (χ1) is 14.6. The smallest absolute Gasteiger partial charge is 0.383 e. The van der Waals surface area contributed by atoms with Crippen molar-refractivity contribution in [2.45, 2.75) is 39.0 Å². The summed E-state index contributed by atoms with van der Waals surface area (Å²) in [4.78, 5) is 22.8. The lowest BCUT2D eigenvalue weighted by molar-refractivity contribution is -0.137. The van der Waals surface area contributed by atoms with E-state index in [1.54, 1.807) is 25.1 Å². The lowest BCUT2D eigenvalue weighted by atomic mass is 10.1. The van der Waals surface area contributed by atoms with Crippen LogP contribution in [0.25, 0.3) is 10.9 Å². The summed E-state index contributed by atoms with van der Waals surface area (Å²) in [6, 6.07) is 10.5. The molecule has 0 spiro atoms. The monoisotopic (exact) mass is 427 g/mol. The van der Waals surface area contributed by atoms with E-state index in [1.165, 1.54) is 11.0 Å². The fraction of sp³-hybridized carbons (Fsp3) is 0.273. The molecular formula is C22H20F3N5O. The summed E-state index contributed by atoms with van der Waals surface area (Å²) < 4.78 is 38.4. The molecule has 0 aliphatic rings. The highest BCUT2D eigenvalue weighted by molar-refractivity contribution is 5.98. The Bertz CT molecular complexity index is 1150. The fourth-order valence-corrected chi connectivity index (χ4v) is 3.13. The molecule has 2 aromatic heterocycles. The number of carbonyl (C=O) groups excluding carboxylic acids is 1. The van der Waals surface area contributed by atoms with E-state index in [1.807, 2.05) is 19.1 Å². The number of halogens is 3. The Labute approximate surface area is 177 Å². The van der Waals surface area contributed by atoms with Crippen LogP contribution >= 0.6 is 0 Å². The first-order valence-corrected chi connectivity index (χ1v) is 9.47. The molecule has 1 atom stereocenters. The van der Waals surface area contributed by atoms with Crippen LogP contribution in [0.15, 0.2) is 42.6 Å². The number of pyridine rings is 2. The van der Waals surface area contributed by atoms with Gasteiger partial charge in [-0.3, -0.25) is 9.78 Å². The number of carbonyl (C=O) groups is 1. The summed E-state index contributed by atoms with van der Waals surface area (Å²) in [5.74, 6) is 0.0463. The van der Waals surface area contributed by atoms with Gasteiger partial charge in [0, 0.05) is 23.2 Å². The van der Waals surface area contributed by atoms with Gasteiger partial charge in [0.15, 0.2) is 0 Å². The lowest BCUT2D eigenvalue weighted by Gasteiger charge is -2.28. The molecule has 160 valence electrons.